The van der Waals surface area contributed by atoms with E-state index in [1.807, 2.05) is 24.3 Å². The molecule has 1 heterocycles. The molecule has 0 amide bonds. The van der Waals surface area contributed by atoms with Crippen LogP contribution < -0.4 is 10.9 Å². The van der Waals surface area contributed by atoms with Crippen molar-refractivity contribution in [2.45, 2.75) is 13.2 Å². The first-order valence-corrected chi connectivity index (χ1v) is 16.6. The maximum Gasteiger partial charge on any atom is 0.338 e. The Morgan fingerprint density at radius 1 is 0.755 bits per heavy atom. The van der Waals surface area contributed by atoms with Crippen molar-refractivity contribution in [1.29, 1.82) is 0 Å². The van der Waals surface area contributed by atoms with Crippen molar-refractivity contribution in [2.75, 3.05) is 5.32 Å². The van der Waals surface area contributed by atoms with E-state index in [1.165, 1.54) is 4.57 Å². The van der Waals surface area contributed by atoms with E-state index in [2.05, 4.69) is 23.3 Å². The number of aromatic nitrogens is 1. The SMILES string of the molecule is [C-]#[N+]c1c2c3c(c(Nc4cc(COC(=O)c5ccc(C=C)cc5)cc(C(=O)OCc5ccc(C=C)cc5)c4)ccc3n(C)c1=O)C(=O)c1ccccc1-2. The van der Waals surface area contributed by atoms with Gasteiger partial charge in [0.05, 0.1) is 28.9 Å². The number of nitrogens with zero attached hydrogens (tertiary/aromatic N) is 2. The molecule has 0 saturated heterocycles. The standard InChI is InChI=1S/C44H31N3O6/c1-5-26-11-13-28(14-12-26)24-52-44(51)31-21-29(25-53-43(50)30-17-15-27(6-2)16-18-30)22-32(23-31)46-35-19-20-36-39-37(40(45-3)42(49)47(36)4)33-9-7-8-10-34(33)41(48)38(35)39/h5-23,46H,1-2,24-25H2,4H3. The number of aryl methyl sites for hydroxylation is 1. The van der Waals surface area contributed by atoms with Gasteiger partial charge in [-0.25, -0.2) is 14.4 Å². The molecule has 9 heteroatoms. The maximum atomic E-state index is 14.2. The number of carbonyl (C=O) groups excluding carboxylic acids is 3. The lowest BCUT2D eigenvalue weighted by Gasteiger charge is -2.25. The van der Waals surface area contributed by atoms with Gasteiger partial charge in [0.1, 0.15) is 13.2 Å². The quantitative estimate of drug-likeness (QED) is 0.112. The highest BCUT2D eigenvalue weighted by atomic mass is 16.5. The summed E-state index contributed by atoms with van der Waals surface area (Å²) >= 11 is 0. The Bertz CT molecular complexity index is 2610. The van der Waals surface area contributed by atoms with E-state index in [1.54, 1.807) is 98.1 Å². The van der Waals surface area contributed by atoms with E-state index >= 15 is 0 Å². The Morgan fingerprint density at radius 2 is 1.38 bits per heavy atom. The van der Waals surface area contributed by atoms with Gasteiger partial charge >= 0.3 is 11.9 Å². The molecular weight excluding hydrogens is 666 g/mol. The molecular formula is C44H31N3O6. The molecule has 53 heavy (non-hydrogen) atoms. The zero-order chi connectivity index (χ0) is 37.2. The summed E-state index contributed by atoms with van der Waals surface area (Å²) in [5.41, 5.74) is 5.92. The number of benzene rings is 5. The van der Waals surface area contributed by atoms with Crippen LogP contribution in [0.5, 0.6) is 0 Å². The van der Waals surface area contributed by atoms with Gasteiger partial charge in [0.2, 0.25) is 0 Å². The normalized spacial score (nSPS) is 11.3. The summed E-state index contributed by atoms with van der Waals surface area (Å²) in [6.07, 6.45) is 3.40. The Balaban J connectivity index is 1.28. The second-order valence-electron chi connectivity index (χ2n) is 12.4. The molecule has 1 aliphatic rings. The van der Waals surface area contributed by atoms with Gasteiger partial charge in [-0.2, -0.15) is 0 Å². The lowest BCUT2D eigenvalue weighted by Crippen LogP contribution is -2.21. The highest BCUT2D eigenvalue weighted by Crippen LogP contribution is 2.45. The van der Waals surface area contributed by atoms with Crippen LogP contribution in [0.25, 0.3) is 39.0 Å². The first-order valence-electron chi connectivity index (χ1n) is 16.6. The van der Waals surface area contributed by atoms with Crippen LogP contribution in [-0.4, -0.2) is 22.3 Å². The van der Waals surface area contributed by atoms with Gasteiger partial charge in [-0.05, 0) is 70.3 Å². The van der Waals surface area contributed by atoms with Crippen LogP contribution >= 0.6 is 0 Å². The summed E-state index contributed by atoms with van der Waals surface area (Å²) in [6, 6.07) is 29.5. The minimum Gasteiger partial charge on any atom is -0.457 e. The van der Waals surface area contributed by atoms with Gasteiger partial charge in [0.25, 0.3) is 11.2 Å². The maximum absolute atomic E-state index is 14.2. The second kappa shape index (κ2) is 14.1. The number of anilines is 2. The molecule has 0 atom stereocenters. The van der Waals surface area contributed by atoms with Crippen LogP contribution in [-0.2, 0) is 29.7 Å². The van der Waals surface area contributed by atoms with Gasteiger partial charge in [-0.3, -0.25) is 9.59 Å². The molecule has 5 aromatic carbocycles. The van der Waals surface area contributed by atoms with Crippen LogP contribution in [0.3, 0.4) is 0 Å². The summed E-state index contributed by atoms with van der Waals surface area (Å²) in [5, 5.41) is 3.78. The fourth-order valence-corrected chi connectivity index (χ4v) is 6.45. The fourth-order valence-electron chi connectivity index (χ4n) is 6.45. The summed E-state index contributed by atoms with van der Waals surface area (Å²) < 4.78 is 12.7. The van der Waals surface area contributed by atoms with E-state index < -0.39 is 17.5 Å². The average Bonchev–Trinajstić information content (AvgIpc) is 3.19. The number of esters is 2. The predicted molar refractivity (Wildman–Crippen MR) is 205 cm³/mol. The lowest BCUT2D eigenvalue weighted by molar-refractivity contribution is 0.0472. The third-order valence-electron chi connectivity index (χ3n) is 9.16. The lowest BCUT2D eigenvalue weighted by atomic mass is 9.82. The van der Waals surface area contributed by atoms with Gasteiger partial charge in [0, 0.05) is 34.8 Å². The molecule has 1 aliphatic carbocycles. The van der Waals surface area contributed by atoms with E-state index in [0.717, 1.165) is 16.7 Å². The average molecular weight is 698 g/mol. The monoisotopic (exact) mass is 697 g/mol. The molecule has 6 aromatic rings. The first kappa shape index (κ1) is 34.2. The number of pyridine rings is 1. The molecule has 0 spiro atoms. The number of ether oxygens (including phenoxy) is 2. The van der Waals surface area contributed by atoms with Gasteiger partial charge in [0.15, 0.2) is 5.78 Å². The van der Waals surface area contributed by atoms with Crippen molar-refractivity contribution < 1.29 is 23.9 Å². The fraction of sp³-hybridized carbons (Fsp3) is 0.0682. The molecule has 0 saturated carbocycles. The largest absolute Gasteiger partial charge is 0.457 e. The second-order valence-corrected chi connectivity index (χ2v) is 12.4. The smallest absolute Gasteiger partial charge is 0.338 e. The van der Waals surface area contributed by atoms with Crippen molar-refractivity contribution in [3.63, 3.8) is 0 Å². The number of nitrogens with one attached hydrogen (secondary N) is 1. The summed E-state index contributed by atoms with van der Waals surface area (Å²) in [4.78, 5) is 57.6. The van der Waals surface area contributed by atoms with Crippen LogP contribution in [0.15, 0.2) is 121 Å². The summed E-state index contributed by atoms with van der Waals surface area (Å²) in [7, 11) is 1.57. The van der Waals surface area contributed by atoms with E-state index in [0.29, 0.717) is 50.1 Å². The van der Waals surface area contributed by atoms with Crippen molar-refractivity contribution in [3.05, 3.63) is 183 Å². The summed E-state index contributed by atoms with van der Waals surface area (Å²) in [5.74, 6) is -1.45. The molecule has 7 rings (SSSR count). The van der Waals surface area contributed by atoms with Crippen LogP contribution in [0.4, 0.5) is 17.1 Å². The summed E-state index contributed by atoms with van der Waals surface area (Å²) in [6.45, 7) is 15.2. The topological polar surface area (TPSA) is 108 Å². The molecule has 0 fully saturated rings. The minimum absolute atomic E-state index is 0.0204. The van der Waals surface area contributed by atoms with Crippen molar-refractivity contribution >= 4 is 57.8 Å². The molecule has 1 N–H and O–H groups in total. The Kier molecular flexibility index (Phi) is 9.11. The zero-order valence-electron chi connectivity index (χ0n) is 28.6. The predicted octanol–water partition coefficient (Wildman–Crippen LogP) is 9.04. The third-order valence-corrected chi connectivity index (χ3v) is 9.16. The first-order chi connectivity index (χ1) is 25.7. The Hall–Kier alpha value is -7.31. The van der Waals surface area contributed by atoms with Crippen molar-refractivity contribution in [3.8, 4) is 11.1 Å². The zero-order valence-corrected chi connectivity index (χ0v) is 28.6. The van der Waals surface area contributed by atoms with Crippen LogP contribution in [0.2, 0.25) is 0 Å². The van der Waals surface area contributed by atoms with E-state index in [-0.39, 0.29) is 35.8 Å². The molecule has 9 nitrogen and oxygen atoms in total. The number of hydrogen-bond donors (Lipinski definition) is 1. The molecule has 258 valence electrons. The van der Waals surface area contributed by atoms with E-state index in [9.17, 15) is 19.2 Å². The van der Waals surface area contributed by atoms with Crippen LogP contribution in [0, 0.1) is 6.57 Å². The Labute approximate surface area is 304 Å². The van der Waals surface area contributed by atoms with Gasteiger partial charge < -0.3 is 19.4 Å². The molecule has 0 bridgehead atoms. The van der Waals surface area contributed by atoms with Gasteiger partial charge in [-0.15, -0.1) is 0 Å². The van der Waals surface area contributed by atoms with Gasteiger partial charge in [-0.1, -0.05) is 86.0 Å². The molecule has 0 unspecified atom stereocenters. The molecule has 1 aromatic heterocycles. The number of fused-ring (bicyclic) bond motifs is 2. The third kappa shape index (κ3) is 6.41. The Morgan fingerprint density at radius 3 is 2.04 bits per heavy atom. The van der Waals surface area contributed by atoms with Crippen molar-refractivity contribution in [1.82, 2.24) is 4.57 Å². The number of hydrogen-bond acceptors (Lipinski definition) is 7. The van der Waals surface area contributed by atoms with Crippen molar-refractivity contribution in [2.24, 2.45) is 7.05 Å². The number of rotatable bonds is 10. The number of ketones is 1. The van der Waals surface area contributed by atoms with E-state index in [4.69, 9.17) is 16.0 Å². The molecule has 0 radical (unpaired) electrons. The van der Waals surface area contributed by atoms with Crippen LogP contribution in [0.1, 0.15) is 58.9 Å². The highest BCUT2D eigenvalue weighted by Gasteiger charge is 2.32. The minimum atomic E-state index is -0.613. The molecule has 0 aliphatic heterocycles. The highest BCUT2D eigenvalue weighted by molar-refractivity contribution is 6.29. The number of carbonyl (C=O) groups is 3.